The monoisotopic (exact) mass is 367 g/mol. The van der Waals surface area contributed by atoms with E-state index in [9.17, 15) is 8.42 Å². The Morgan fingerprint density at radius 3 is 2.65 bits per heavy atom. The van der Waals surface area contributed by atoms with Crippen LogP contribution in [0.3, 0.4) is 0 Å². The quantitative estimate of drug-likeness (QED) is 0.834. The number of hydrogen-bond acceptors (Lipinski definition) is 3. The molecule has 6 heteroatoms. The fourth-order valence-electron chi connectivity index (χ4n) is 1.79. The van der Waals surface area contributed by atoms with E-state index in [0.717, 1.165) is 3.57 Å². The van der Waals surface area contributed by atoms with E-state index in [1.54, 1.807) is 6.07 Å². The van der Waals surface area contributed by atoms with Crippen LogP contribution in [0.25, 0.3) is 0 Å². The molecule has 1 N–H and O–H groups in total. The molecular formula is C11H14INO3S. The number of rotatable bonds is 3. The molecule has 0 spiro atoms. The lowest BCUT2D eigenvalue weighted by Crippen LogP contribution is -2.33. The van der Waals surface area contributed by atoms with Crippen LogP contribution in [-0.2, 0) is 14.8 Å². The van der Waals surface area contributed by atoms with Crippen molar-refractivity contribution in [3.05, 3.63) is 27.8 Å². The first kappa shape index (κ1) is 13.1. The van der Waals surface area contributed by atoms with Crippen LogP contribution in [0.15, 0.2) is 24.3 Å². The molecule has 0 unspecified atom stereocenters. The van der Waals surface area contributed by atoms with Gasteiger partial charge < -0.3 is 4.74 Å². The molecule has 94 valence electrons. The van der Waals surface area contributed by atoms with Crippen LogP contribution in [0.2, 0.25) is 0 Å². The molecule has 0 amide bonds. The zero-order valence-electron chi connectivity index (χ0n) is 9.23. The third-order valence-corrected chi connectivity index (χ3v) is 5.23. The van der Waals surface area contributed by atoms with Crippen LogP contribution < -0.4 is 4.72 Å². The molecule has 0 aromatic heterocycles. The summed E-state index contributed by atoms with van der Waals surface area (Å²) in [5.74, 6) is 0. The summed E-state index contributed by atoms with van der Waals surface area (Å²) in [5, 5.41) is -0.339. The van der Waals surface area contributed by atoms with Gasteiger partial charge in [-0.2, -0.15) is 0 Å². The molecule has 1 saturated heterocycles. The summed E-state index contributed by atoms with van der Waals surface area (Å²) < 4.78 is 33.0. The lowest BCUT2D eigenvalue weighted by Gasteiger charge is -2.22. The van der Waals surface area contributed by atoms with Crippen molar-refractivity contribution < 1.29 is 13.2 Å². The SMILES string of the molecule is O=S(=O)(Nc1cccc(I)c1)C1CCOCC1. The first-order valence-electron chi connectivity index (χ1n) is 5.43. The van der Waals surface area contributed by atoms with Gasteiger partial charge in [0.1, 0.15) is 0 Å². The second-order valence-electron chi connectivity index (χ2n) is 3.97. The van der Waals surface area contributed by atoms with Gasteiger partial charge >= 0.3 is 0 Å². The number of sulfonamides is 1. The summed E-state index contributed by atoms with van der Waals surface area (Å²) in [5.41, 5.74) is 0.628. The summed E-state index contributed by atoms with van der Waals surface area (Å²) in [7, 11) is -3.29. The van der Waals surface area contributed by atoms with Gasteiger partial charge in [0, 0.05) is 22.5 Å². The lowest BCUT2D eigenvalue weighted by molar-refractivity contribution is 0.0984. The molecule has 1 aromatic carbocycles. The molecule has 17 heavy (non-hydrogen) atoms. The van der Waals surface area contributed by atoms with Gasteiger partial charge in [-0.05, 0) is 53.6 Å². The number of halogens is 1. The Kier molecular flexibility index (Phi) is 4.26. The fourth-order valence-corrected chi connectivity index (χ4v) is 3.76. The largest absolute Gasteiger partial charge is 0.381 e. The molecule has 1 heterocycles. The van der Waals surface area contributed by atoms with Crippen LogP contribution in [0.1, 0.15) is 12.8 Å². The Bertz CT molecular complexity index is 483. The number of hydrogen-bond donors (Lipinski definition) is 1. The topological polar surface area (TPSA) is 55.4 Å². The minimum absolute atomic E-state index is 0.339. The predicted molar refractivity (Wildman–Crippen MR) is 75.5 cm³/mol. The molecule has 0 radical (unpaired) electrons. The Morgan fingerprint density at radius 1 is 1.29 bits per heavy atom. The highest BCUT2D eigenvalue weighted by Gasteiger charge is 2.27. The average Bonchev–Trinajstić information content (AvgIpc) is 2.29. The summed E-state index contributed by atoms with van der Waals surface area (Å²) in [6.07, 6.45) is 1.14. The van der Waals surface area contributed by atoms with E-state index in [1.165, 1.54) is 0 Å². The smallest absolute Gasteiger partial charge is 0.235 e. The maximum Gasteiger partial charge on any atom is 0.235 e. The van der Waals surface area contributed by atoms with E-state index < -0.39 is 10.0 Å². The van der Waals surface area contributed by atoms with Crippen molar-refractivity contribution in [3.8, 4) is 0 Å². The summed E-state index contributed by atoms with van der Waals surface area (Å²) in [4.78, 5) is 0. The van der Waals surface area contributed by atoms with Crippen molar-refractivity contribution in [2.45, 2.75) is 18.1 Å². The van der Waals surface area contributed by atoms with E-state index in [-0.39, 0.29) is 5.25 Å². The summed E-state index contributed by atoms with van der Waals surface area (Å²) in [6.45, 7) is 1.05. The molecule has 1 aliphatic heterocycles. The summed E-state index contributed by atoms with van der Waals surface area (Å²) >= 11 is 2.16. The Balaban J connectivity index is 2.11. The van der Waals surface area contributed by atoms with Crippen LogP contribution in [0.5, 0.6) is 0 Å². The number of ether oxygens (including phenoxy) is 1. The molecule has 0 saturated carbocycles. The van der Waals surface area contributed by atoms with Crippen molar-refractivity contribution in [3.63, 3.8) is 0 Å². The molecule has 0 bridgehead atoms. The van der Waals surface area contributed by atoms with Gasteiger partial charge in [0.25, 0.3) is 0 Å². The van der Waals surface area contributed by atoms with Crippen molar-refractivity contribution in [2.75, 3.05) is 17.9 Å². The molecule has 0 atom stereocenters. The van der Waals surface area contributed by atoms with Gasteiger partial charge in [-0.15, -0.1) is 0 Å². The molecule has 0 aliphatic carbocycles. The highest BCUT2D eigenvalue weighted by atomic mass is 127. The molecule has 1 fully saturated rings. The molecule has 2 rings (SSSR count). The molecular weight excluding hydrogens is 353 g/mol. The third kappa shape index (κ3) is 3.56. The van der Waals surface area contributed by atoms with E-state index in [1.807, 2.05) is 18.2 Å². The maximum absolute atomic E-state index is 12.1. The van der Waals surface area contributed by atoms with Crippen LogP contribution in [0.4, 0.5) is 5.69 Å². The fraction of sp³-hybridized carbons (Fsp3) is 0.455. The molecule has 1 aromatic rings. The van der Waals surface area contributed by atoms with E-state index >= 15 is 0 Å². The van der Waals surface area contributed by atoms with Crippen molar-refractivity contribution >= 4 is 38.3 Å². The Labute approximate surface area is 115 Å². The van der Waals surface area contributed by atoms with E-state index in [2.05, 4.69) is 27.3 Å². The maximum atomic E-state index is 12.1. The van der Waals surface area contributed by atoms with Gasteiger partial charge in [-0.25, -0.2) is 8.42 Å². The van der Waals surface area contributed by atoms with Crippen LogP contribution in [-0.4, -0.2) is 26.9 Å². The van der Waals surface area contributed by atoms with Gasteiger partial charge in [-0.3, -0.25) is 4.72 Å². The number of nitrogens with one attached hydrogen (secondary N) is 1. The minimum atomic E-state index is -3.29. The first-order chi connectivity index (χ1) is 8.08. The first-order valence-corrected chi connectivity index (χ1v) is 8.05. The van der Waals surface area contributed by atoms with Gasteiger partial charge in [0.2, 0.25) is 10.0 Å². The minimum Gasteiger partial charge on any atom is -0.381 e. The van der Waals surface area contributed by atoms with E-state index in [4.69, 9.17) is 4.74 Å². The molecule has 4 nitrogen and oxygen atoms in total. The standard InChI is InChI=1S/C11H14INO3S/c12-9-2-1-3-10(8-9)13-17(14,15)11-4-6-16-7-5-11/h1-3,8,11,13H,4-7H2. The Hall–Kier alpha value is -0.340. The van der Waals surface area contributed by atoms with Crippen LogP contribution in [0, 0.1) is 3.57 Å². The van der Waals surface area contributed by atoms with Crippen molar-refractivity contribution in [1.82, 2.24) is 0 Å². The van der Waals surface area contributed by atoms with Crippen LogP contribution >= 0.6 is 22.6 Å². The second kappa shape index (κ2) is 5.53. The zero-order valence-corrected chi connectivity index (χ0v) is 12.2. The normalized spacial score (nSPS) is 17.9. The second-order valence-corrected chi connectivity index (χ2v) is 7.18. The van der Waals surface area contributed by atoms with E-state index in [0.29, 0.717) is 31.7 Å². The highest BCUT2D eigenvalue weighted by molar-refractivity contribution is 14.1. The van der Waals surface area contributed by atoms with Gasteiger partial charge in [0.15, 0.2) is 0 Å². The summed E-state index contributed by atoms with van der Waals surface area (Å²) in [6, 6.07) is 7.34. The highest BCUT2D eigenvalue weighted by Crippen LogP contribution is 2.20. The number of benzene rings is 1. The lowest BCUT2D eigenvalue weighted by atomic mass is 10.2. The van der Waals surface area contributed by atoms with Gasteiger partial charge in [-0.1, -0.05) is 6.07 Å². The average molecular weight is 367 g/mol. The predicted octanol–water partition coefficient (Wildman–Crippen LogP) is 2.21. The Morgan fingerprint density at radius 2 is 2.00 bits per heavy atom. The number of anilines is 1. The third-order valence-electron chi connectivity index (χ3n) is 2.69. The van der Waals surface area contributed by atoms with Crippen molar-refractivity contribution in [1.29, 1.82) is 0 Å². The van der Waals surface area contributed by atoms with Gasteiger partial charge in [0.05, 0.1) is 5.25 Å². The zero-order chi connectivity index (χ0) is 12.3. The van der Waals surface area contributed by atoms with Crippen molar-refractivity contribution in [2.24, 2.45) is 0 Å². The molecule has 1 aliphatic rings.